The second-order valence-corrected chi connectivity index (χ2v) is 7.94. The fourth-order valence-electron chi connectivity index (χ4n) is 3.53. The predicted molar refractivity (Wildman–Crippen MR) is 130 cm³/mol. The lowest BCUT2D eigenvalue weighted by atomic mass is 10.0. The van der Waals surface area contributed by atoms with Crippen LogP contribution in [0, 0.1) is 5.92 Å². The Morgan fingerprint density at radius 3 is 2.12 bits per heavy atom. The van der Waals surface area contributed by atoms with Crippen molar-refractivity contribution in [2.45, 2.75) is 19.9 Å². The largest absolute Gasteiger partial charge is 0.495 e. The molecule has 3 aromatic rings. The first kappa shape index (κ1) is 25.2. The Hall–Kier alpha value is -3.43. The van der Waals surface area contributed by atoms with E-state index in [1.54, 1.807) is 44.7 Å². The van der Waals surface area contributed by atoms with Crippen molar-refractivity contribution in [1.29, 1.82) is 0 Å². The zero-order valence-corrected chi connectivity index (χ0v) is 20.6. The van der Waals surface area contributed by atoms with Crippen LogP contribution in [-0.2, 0) is 4.79 Å². The van der Waals surface area contributed by atoms with Crippen molar-refractivity contribution >= 4 is 23.4 Å². The minimum absolute atomic E-state index is 0.0172. The van der Waals surface area contributed by atoms with Gasteiger partial charge in [0, 0.05) is 11.1 Å². The molecule has 182 valence electrons. The van der Waals surface area contributed by atoms with Crippen LogP contribution in [0.1, 0.15) is 13.8 Å². The van der Waals surface area contributed by atoms with Gasteiger partial charge in [-0.2, -0.15) is 0 Å². The first-order valence-electron chi connectivity index (χ1n) is 10.5. The van der Waals surface area contributed by atoms with Crippen LogP contribution in [0.3, 0.4) is 0 Å². The van der Waals surface area contributed by atoms with Crippen LogP contribution in [0.25, 0.3) is 22.5 Å². The maximum atomic E-state index is 12.8. The zero-order chi connectivity index (χ0) is 24.8. The summed E-state index contributed by atoms with van der Waals surface area (Å²) in [5, 5.41) is 6.88. The molecular weight excluding hydrogens is 462 g/mol. The standard InChI is InChI=1S/C24H28ClN3O6/c1-13(2)21(28-25)24(29)27-17-9-14(7-8-18(17)30-3)16-12-26-34-22(16)15-10-19(31-4)23(33-6)20(11-15)32-5/h7-13,21,28H,1-6H3,(H,27,29). The number of benzene rings is 2. The van der Waals surface area contributed by atoms with Crippen LogP contribution in [0.15, 0.2) is 41.1 Å². The van der Waals surface area contributed by atoms with Crippen molar-refractivity contribution in [3.63, 3.8) is 0 Å². The summed E-state index contributed by atoms with van der Waals surface area (Å²) in [6.07, 6.45) is 1.60. The Morgan fingerprint density at radius 2 is 1.59 bits per heavy atom. The first-order chi connectivity index (χ1) is 16.4. The fourth-order valence-corrected chi connectivity index (χ4v) is 3.88. The molecule has 3 rings (SSSR count). The number of hydrogen-bond acceptors (Lipinski definition) is 8. The molecule has 0 aliphatic heterocycles. The average molecular weight is 490 g/mol. The molecule has 10 heteroatoms. The van der Waals surface area contributed by atoms with Gasteiger partial charge in [0.2, 0.25) is 11.7 Å². The maximum Gasteiger partial charge on any atom is 0.243 e. The number of rotatable bonds is 10. The predicted octanol–water partition coefficient (Wildman–Crippen LogP) is 4.75. The van der Waals surface area contributed by atoms with E-state index in [2.05, 4.69) is 15.3 Å². The van der Waals surface area contributed by atoms with E-state index < -0.39 is 6.04 Å². The van der Waals surface area contributed by atoms with Crippen LogP contribution < -0.4 is 29.1 Å². The number of aromatic nitrogens is 1. The molecule has 0 bridgehead atoms. The molecule has 1 heterocycles. The van der Waals surface area contributed by atoms with Crippen molar-refractivity contribution in [2.75, 3.05) is 33.8 Å². The molecular formula is C24H28ClN3O6. The van der Waals surface area contributed by atoms with Crippen molar-refractivity contribution in [2.24, 2.45) is 5.92 Å². The fraction of sp³-hybridized carbons (Fsp3) is 0.333. The van der Waals surface area contributed by atoms with Gasteiger partial charge in [-0.3, -0.25) is 4.79 Å². The summed E-state index contributed by atoms with van der Waals surface area (Å²) >= 11 is 5.78. The van der Waals surface area contributed by atoms with Crippen LogP contribution in [0.2, 0.25) is 0 Å². The Bertz CT molecular complexity index is 1120. The number of anilines is 1. The molecule has 0 spiro atoms. The number of carbonyl (C=O) groups is 1. The summed E-state index contributed by atoms with van der Waals surface area (Å²) in [5.41, 5.74) is 2.61. The zero-order valence-electron chi connectivity index (χ0n) is 19.9. The highest BCUT2D eigenvalue weighted by Gasteiger charge is 2.24. The van der Waals surface area contributed by atoms with Gasteiger partial charge in [-0.25, -0.2) is 4.84 Å². The van der Waals surface area contributed by atoms with Gasteiger partial charge in [0.25, 0.3) is 0 Å². The van der Waals surface area contributed by atoms with E-state index in [-0.39, 0.29) is 11.8 Å². The monoisotopic (exact) mass is 489 g/mol. The van der Waals surface area contributed by atoms with Gasteiger partial charge < -0.3 is 28.8 Å². The highest BCUT2D eigenvalue weighted by Crippen LogP contribution is 2.44. The van der Waals surface area contributed by atoms with E-state index in [9.17, 15) is 4.79 Å². The van der Waals surface area contributed by atoms with Crippen molar-refractivity contribution in [3.05, 3.63) is 36.5 Å². The first-order valence-corrected chi connectivity index (χ1v) is 10.9. The molecule has 0 saturated heterocycles. The number of methoxy groups -OCH3 is 4. The van der Waals surface area contributed by atoms with Crippen LogP contribution in [0.4, 0.5) is 5.69 Å². The van der Waals surface area contributed by atoms with Crippen molar-refractivity contribution in [1.82, 2.24) is 9.99 Å². The summed E-state index contributed by atoms with van der Waals surface area (Å²) in [4.78, 5) is 15.3. The molecule has 0 aliphatic rings. The normalized spacial score (nSPS) is 11.8. The second kappa shape index (κ2) is 11.1. The minimum Gasteiger partial charge on any atom is -0.495 e. The SMILES string of the molecule is COc1ccc(-c2cnoc2-c2cc(OC)c(OC)c(OC)c2)cc1NC(=O)C(NCl)C(C)C. The van der Waals surface area contributed by atoms with Gasteiger partial charge in [-0.15, -0.1) is 0 Å². The van der Waals surface area contributed by atoms with E-state index in [0.29, 0.717) is 45.6 Å². The topological polar surface area (TPSA) is 104 Å². The summed E-state index contributed by atoms with van der Waals surface area (Å²) < 4.78 is 27.4. The summed E-state index contributed by atoms with van der Waals surface area (Å²) in [6.45, 7) is 3.79. The van der Waals surface area contributed by atoms with E-state index >= 15 is 0 Å². The van der Waals surface area contributed by atoms with Gasteiger partial charge >= 0.3 is 0 Å². The molecule has 34 heavy (non-hydrogen) atoms. The Labute approximate surface area is 203 Å². The molecule has 0 fully saturated rings. The number of halogens is 1. The van der Waals surface area contributed by atoms with E-state index in [1.165, 1.54) is 14.2 Å². The van der Waals surface area contributed by atoms with Gasteiger partial charge in [-0.1, -0.05) is 25.1 Å². The molecule has 1 unspecified atom stereocenters. The number of amides is 1. The molecule has 0 saturated carbocycles. The summed E-state index contributed by atoms with van der Waals surface area (Å²) in [6, 6.07) is 8.36. The minimum atomic E-state index is -0.583. The third kappa shape index (κ3) is 5.05. The molecule has 2 aromatic carbocycles. The van der Waals surface area contributed by atoms with Crippen LogP contribution >= 0.6 is 11.8 Å². The molecule has 9 nitrogen and oxygen atoms in total. The molecule has 1 aromatic heterocycles. The van der Waals surface area contributed by atoms with Gasteiger partial charge in [0.05, 0.1) is 40.3 Å². The number of nitrogens with one attached hydrogen (secondary N) is 2. The molecule has 1 amide bonds. The lowest BCUT2D eigenvalue weighted by molar-refractivity contribution is -0.118. The number of hydrogen-bond donors (Lipinski definition) is 2. The smallest absolute Gasteiger partial charge is 0.243 e. The summed E-state index contributed by atoms with van der Waals surface area (Å²) in [7, 11) is 6.16. The quantitative estimate of drug-likeness (QED) is 0.393. The van der Waals surface area contributed by atoms with E-state index in [0.717, 1.165) is 5.56 Å². The van der Waals surface area contributed by atoms with Crippen LogP contribution in [-0.4, -0.2) is 45.5 Å². The Balaban J connectivity index is 2.05. The van der Waals surface area contributed by atoms with E-state index in [4.69, 9.17) is 35.2 Å². The van der Waals surface area contributed by atoms with Gasteiger partial charge in [0.15, 0.2) is 17.3 Å². The van der Waals surface area contributed by atoms with Gasteiger partial charge in [-0.05, 0) is 47.5 Å². The maximum absolute atomic E-state index is 12.8. The van der Waals surface area contributed by atoms with Crippen LogP contribution in [0.5, 0.6) is 23.0 Å². The molecule has 0 aliphatic carbocycles. The molecule has 0 radical (unpaired) electrons. The molecule has 2 N–H and O–H groups in total. The lowest BCUT2D eigenvalue weighted by Gasteiger charge is -2.19. The number of ether oxygens (including phenoxy) is 4. The number of carbonyl (C=O) groups excluding carboxylic acids is 1. The second-order valence-electron chi connectivity index (χ2n) is 7.72. The highest BCUT2D eigenvalue weighted by atomic mass is 35.5. The van der Waals surface area contributed by atoms with Crippen molar-refractivity contribution in [3.8, 4) is 45.4 Å². The van der Waals surface area contributed by atoms with E-state index in [1.807, 2.05) is 19.9 Å². The van der Waals surface area contributed by atoms with Crippen molar-refractivity contribution < 1.29 is 28.3 Å². The lowest BCUT2D eigenvalue weighted by Crippen LogP contribution is -2.40. The third-order valence-corrected chi connectivity index (χ3v) is 5.57. The third-order valence-electron chi connectivity index (χ3n) is 5.33. The Kier molecular flexibility index (Phi) is 8.25. The average Bonchev–Trinajstić information content (AvgIpc) is 3.33. The number of nitrogens with zero attached hydrogens (tertiary/aromatic N) is 1. The Morgan fingerprint density at radius 1 is 0.941 bits per heavy atom. The molecule has 1 atom stereocenters. The highest BCUT2D eigenvalue weighted by molar-refractivity contribution is 6.15. The summed E-state index contributed by atoms with van der Waals surface area (Å²) in [5.74, 6) is 2.12. The van der Waals surface area contributed by atoms with Gasteiger partial charge in [0.1, 0.15) is 11.8 Å².